The van der Waals surface area contributed by atoms with Crippen LogP contribution < -0.4 is 5.32 Å². The third-order valence-electron chi connectivity index (χ3n) is 3.53. The Morgan fingerprint density at radius 1 is 1.25 bits per heavy atom. The Morgan fingerprint density at radius 2 is 2.08 bits per heavy atom. The summed E-state index contributed by atoms with van der Waals surface area (Å²) in [5.41, 5.74) is 2.57. The zero-order valence-electron chi connectivity index (χ0n) is 13.0. The van der Waals surface area contributed by atoms with Crippen LogP contribution in [0.5, 0.6) is 0 Å². The van der Waals surface area contributed by atoms with Gasteiger partial charge in [0.2, 0.25) is 0 Å². The fourth-order valence-corrected chi connectivity index (χ4v) is 2.47. The summed E-state index contributed by atoms with van der Waals surface area (Å²) < 4.78 is 0. The van der Waals surface area contributed by atoms with Crippen molar-refractivity contribution in [2.45, 2.75) is 6.92 Å². The van der Waals surface area contributed by atoms with E-state index in [4.69, 9.17) is 16.7 Å². The van der Waals surface area contributed by atoms with E-state index < -0.39 is 0 Å². The molecule has 0 saturated heterocycles. The third kappa shape index (κ3) is 3.20. The molecule has 2 N–H and O–H groups in total. The summed E-state index contributed by atoms with van der Waals surface area (Å²) in [6, 6.07) is 8.99. The standard InChI is InChI=1S/C17H15ClN4O2/c1-10-3-2-4-12-14(10)21-16(11-5-6-13(18)20-9-11)22-15(12)17(24)19-7-8-23/h2-6,9,23H,7-8H2,1H3,(H,19,24). The molecule has 2 heterocycles. The Kier molecular flexibility index (Phi) is 4.69. The molecule has 0 saturated carbocycles. The molecular formula is C17H15ClN4O2. The Balaban J connectivity index is 2.19. The van der Waals surface area contributed by atoms with Crippen molar-refractivity contribution in [2.75, 3.05) is 13.2 Å². The first kappa shape index (κ1) is 16.3. The molecule has 0 aliphatic heterocycles. The first-order chi connectivity index (χ1) is 11.6. The van der Waals surface area contributed by atoms with Gasteiger partial charge in [0.25, 0.3) is 5.91 Å². The number of halogens is 1. The highest BCUT2D eigenvalue weighted by atomic mass is 35.5. The number of rotatable bonds is 4. The van der Waals surface area contributed by atoms with Crippen LogP contribution in [0.2, 0.25) is 5.15 Å². The minimum Gasteiger partial charge on any atom is -0.395 e. The number of hydrogen-bond acceptors (Lipinski definition) is 5. The van der Waals surface area contributed by atoms with E-state index in [0.717, 1.165) is 5.56 Å². The Hall–Kier alpha value is -2.57. The summed E-state index contributed by atoms with van der Waals surface area (Å²) in [6.07, 6.45) is 1.57. The second kappa shape index (κ2) is 6.90. The van der Waals surface area contributed by atoms with Gasteiger partial charge in [-0.25, -0.2) is 15.0 Å². The number of fused-ring (bicyclic) bond motifs is 1. The van der Waals surface area contributed by atoms with Gasteiger partial charge in [0, 0.05) is 23.7 Å². The molecule has 0 bridgehead atoms. The molecule has 1 amide bonds. The van der Waals surface area contributed by atoms with E-state index in [1.165, 1.54) is 0 Å². The lowest BCUT2D eigenvalue weighted by Gasteiger charge is -2.10. The van der Waals surface area contributed by atoms with E-state index in [1.54, 1.807) is 24.4 Å². The van der Waals surface area contributed by atoms with Crippen molar-refractivity contribution >= 4 is 28.4 Å². The van der Waals surface area contributed by atoms with Gasteiger partial charge in [-0.1, -0.05) is 29.8 Å². The largest absolute Gasteiger partial charge is 0.395 e. The van der Waals surface area contributed by atoms with Crippen molar-refractivity contribution in [3.8, 4) is 11.4 Å². The molecule has 0 aliphatic carbocycles. The van der Waals surface area contributed by atoms with Crippen LogP contribution in [0.25, 0.3) is 22.3 Å². The lowest BCUT2D eigenvalue weighted by atomic mass is 10.1. The third-order valence-corrected chi connectivity index (χ3v) is 3.75. The molecule has 0 atom stereocenters. The fraction of sp³-hybridized carbons (Fsp3) is 0.176. The van der Waals surface area contributed by atoms with Gasteiger partial charge in [0.05, 0.1) is 12.1 Å². The number of carbonyl (C=O) groups is 1. The molecule has 7 heteroatoms. The van der Waals surface area contributed by atoms with Crippen molar-refractivity contribution in [3.63, 3.8) is 0 Å². The van der Waals surface area contributed by atoms with Crippen LogP contribution >= 0.6 is 11.6 Å². The van der Waals surface area contributed by atoms with Crippen LogP contribution in [0.4, 0.5) is 0 Å². The molecular weight excluding hydrogens is 328 g/mol. The van der Waals surface area contributed by atoms with Gasteiger partial charge >= 0.3 is 0 Å². The van der Waals surface area contributed by atoms with Crippen LogP contribution in [-0.4, -0.2) is 39.1 Å². The summed E-state index contributed by atoms with van der Waals surface area (Å²) in [7, 11) is 0. The molecule has 24 heavy (non-hydrogen) atoms. The summed E-state index contributed by atoms with van der Waals surface area (Å²) in [5.74, 6) is 0.0420. The smallest absolute Gasteiger partial charge is 0.270 e. The average Bonchev–Trinajstić information content (AvgIpc) is 2.60. The quantitative estimate of drug-likeness (QED) is 0.711. The molecule has 3 rings (SSSR count). The lowest BCUT2D eigenvalue weighted by molar-refractivity contribution is 0.0941. The number of amides is 1. The highest BCUT2D eigenvalue weighted by Crippen LogP contribution is 2.24. The van der Waals surface area contributed by atoms with E-state index in [9.17, 15) is 4.79 Å². The molecule has 1 aromatic carbocycles. The van der Waals surface area contributed by atoms with Crippen molar-refractivity contribution in [2.24, 2.45) is 0 Å². The lowest BCUT2D eigenvalue weighted by Crippen LogP contribution is -2.27. The van der Waals surface area contributed by atoms with Crippen LogP contribution in [0.3, 0.4) is 0 Å². The molecule has 0 unspecified atom stereocenters. The van der Waals surface area contributed by atoms with Gasteiger partial charge in [0.15, 0.2) is 5.82 Å². The number of aromatic nitrogens is 3. The SMILES string of the molecule is Cc1cccc2c(C(=O)NCCO)nc(-c3ccc(Cl)nc3)nc12. The van der Waals surface area contributed by atoms with E-state index in [0.29, 0.717) is 27.4 Å². The number of aliphatic hydroxyl groups excluding tert-OH is 1. The molecule has 6 nitrogen and oxygen atoms in total. The van der Waals surface area contributed by atoms with Gasteiger partial charge < -0.3 is 10.4 Å². The van der Waals surface area contributed by atoms with Crippen LogP contribution in [0.15, 0.2) is 36.5 Å². The molecule has 0 spiro atoms. The first-order valence-electron chi connectivity index (χ1n) is 7.38. The van der Waals surface area contributed by atoms with Crippen molar-refractivity contribution in [1.82, 2.24) is 20.3 Å². The maximum Gasteiger partial charge on any atom is 0.270 e. The number of benzene rings is 1. The van der Waals surface area contributed by atoms with Gasteiger partial charge in [-0.15, -0.1) is 0 Å². The minimum atomic E-state index is -0.356. The number of nitrogens with zero attached hydrogens (tertiary/aromatic N) is 3. The predicted octanol–water partition coefficient (Wildman–Crippen LogP) is 2.38. The van der Waals surface area contributed by atoms with E-state index in [-0.39, 0.29) is 24.8 Å². The second-order valence-electron chi connectivity index (χ2n) is 5.22. The first-order valence-corrected chi connectivity index (χ1v) is 7.76. The number of carbonyl (C=O) groups excluding carboxylic acids is 1. The van der Waals surface area contributed by atoms with E-state index in [1.807, 2.05) is 19.1 Å². The number of aliphatic hydroxyl groups is 1. The Labute approximate surface area is 143 Å². The van der Waals surface area contributed by atoms with Crippen molar-refractivity contribution < 1.29 is 9.90 Å². The van der Waals surface area contributed by atoms with Crippen molar-refractivity contribution in [3.05, 3.63) is 52.9 Å². The topological polar surface area (TPSA) is 88.0 Å². The monoisotopic (exact) mass is 342 g/mol. The van der Waals surface area contributed by atoms with Gasteiger partial charge in [-0.05, 0) is 24.6 Å². The zero-order chi connectivity index (χ0) is 17.1. The average molecular weight is 343 g/mol. The van der Waals surface area contributed by atoms with Gasteiger partial charge in [-0.3, -0.25) is 4.79 Å². The maximum absolute atomic E-state index is 12.4. The van der Waals surface area contributed by atoms with Crippen molar-refractivity contribution in [1.29, 1.82) is 0 Å². The Bertz CT molecular complexity index is 897. The summed E-state index contributed by atoms with van der Waals surface area (Å²) in [4.78, 5) is 25.4. The van der Waals surface area contributed by atoms with E-state index >= 15 is 0 Å². The molecule has 0 aliphatic rings. The van der Waals surface area contributed by atoms with E-state index in [2.05, 4.69) is 20.3 Å². The number of para-hydroxylation sites is 1. The van der Waals surface area contributed by atoms with Crippen LogP contribution in [0, 0.1) is 6.92 Å². The zero-order valence-corrected chi connectivity index (χ0v) is 13.7. The van der Waals surface area contributed by atoms with Gasteiger partial charge in [-0.2, -0.15) is 0 Å². The van der Waals surface area contributed by atoms with Gasteiger partial charge in [0.1, 0.15) is 10.8 Å². The summed E-state index contributed by atoms with van der Waals surface area (Å²) in [6.45, 7) is 1.95. The Morgan fingerprint density at radius 3 is 2.79 bits per heavy atom. The number of nitrogens with one attached hydrogen (secondary N) is 1. The molecule has 3 aromatic rings. The minimum absolute atomic E-state index is 0.137. The van der Waals surface area contributed by atoms with Crippen LogP contribution in [0.1, 0.15) is 16.1 Å². The maximum atomic E-state index is 12.4. The molecule has 0 radical (unpaired) electrons. The molecule has 0 fully saturated rings. The van der Waals surface area contributed by atoms with Crippen LogP contribution in [-0.2, 0) is 0 Å². The highest BCUT2D eigenvalue weighted by molar-refractivity contribution is 6.29. The summed E-state index contributed by atoms with van der Waals surface area (Å²) >= 11 is 5.82. The number of pyridine rings is 1. The molecule has 122 valence electrons. The normalized spacial score (nSPS) is 10.8. The number of hydrogen-bond donors (Lipinski definition) is 2. The fourth-order valence-electron chi connectivity index (χ4n) is 2.36. The highest BCUT2D eigenvalue weighted by Gasteiger charge is 2.16. The second-order valence-corrected chi connectivity index (χ2v) is 5.60. The summed E-state index contributed by atoms with van der Waals surface area (Å²) in [5, 5.41) is 12.6. The predicted molar refractivity (Wildman–Crippen MR) is 91.9 cm³/mol. The number of aryl methyl sites for hydroxylation is 1. The molecule has 2 aromatic heterocycles.